The maximum atomic E-state index is 12.4. The summed E-state index contributed by atoms with van der Waals surface area (Å²) in [5, 5.41) is 7.32. The molecule has 0 aliphatic carbocycles. The zero-order valence-electron chi connectivity index (χ0n) is 17.6. The SMILES string of the molecule is CCOC(=O)C[n+]1c2ccccc2n2cc3c4ccccc4c4ccccc4c3cc21.[Br-]. The monoisotopic (exact) mass is 484 g/mol. The summed E-state index contributed by atoms with van der Waals surface area (Å²) in [6, 6.07) is 27.5. The molecule has 5 heteroatoms. The fourth-order valence-corrected chi connectivity index (χ4v) is 4.81. The summed E-state index contributed by atoms with van der Waals surface area (Å²) in [5.74, 6) is -0.228. The maximum absolute atomic E-state index is 12.4. The zero-order chi connectivity index (χ0) is 20.9. The Balaban J connectivity index is 0.00000216. The van der Waals surface area contributed by atoms with Gasteiger partial charge < -0.3 is 21.7 Å². The molecule has 0 N–H and O–H groups in total. The van der Waals surface area contributed by atoms with Gasteiger partial charge in [0.25, 0.3) is 5.65 Å². The number of hydrogen-bond acceptors (Lipinski definition) is 2. The highest BCUT2D eigenvalue weighted by Crippen LogP contribution is 2.35. The van der Waals surface area contributed by atoms with Crippen LogP contribution in [-0.2, 0) is 16.1 Å². The number of ether oxygens (including phenoxy) is 1. The number of carbonyl (C=O) groups excluding carboxylic acids is 1. The van der Waals surface area contributed by atoms with Crippen molar-refractivity contribution >= 4 is 55.0 Å². The van der Waals surface area contributed by atoms with Gasteiger partial charge in [0.05, 0.1) is 6.61 Å². The number of para-hydroxylation sites is 2. The highest BCUT2D eigenvalue weighted by atomic mass is 79.9. The molecular weight excluding hydrogens is 464 g/mol. The van der Waals surface area contributed by atoms with Crippen LogP contribution in [0, 0.1) is 0 Å². The fraction of sp³-hybridized carbons (Fsp3) is 0.111. The standard InChI is InChI=1S/C27H21N2O2.BrH/c1-2-31-27(30)17-29-25-14-8-7-13-24(25)28-16-23-21-12-6-4-10-19(21)18-9-3-5-11-20(18)22(23)15-26(28)29;/h3-16H,2,17H2,1H3;1H/q+1;/p-1. The van der Waals surface area contributed by atoms with Crippen LogP contribution in [0.1, 0.15) is 6.92 Å². The number of pyridine rings is 1. The molecule has 158 valence electrons. The summed E-state index contributed by atoms with van der Waals surface area (Å²) in [7, 11) is 0. The number of aromatic nitrogens is 2. The van der Waals surface area contributed by atoms with Crippen LogP contribution < -0.4 is 21.5 Å². The van der Waals surface area contributed by atoms with Crippen molar-refractivity contribution in [2.24, 2.45) is 0 Å². The average Bonchev–Trinajstić information content (AvgIpc) is 3.11. The van der Waals surface area contributed by atoms with Crippen molar-refractivity contribution in [3.8, 4) is 0 Å². The molecule has 0 unspecified atom stereocenters. The molecule has 32 heavy (non-hydrogen) atoms. The van der Waals surface area contributed by atoms with E-state index >= 15 is 0 Å². The van der Waals surface area contributed by atoms with Gasteiger partial charge >= 0.3 is 5.97 Å². The first-order chi connectivity index (χ1) is 15.3. The number of nitrogens with zero attached hydrogens (tertiary/aromatic N) is 2. The number of halogens is 1. The molecule has 0 fully saturated rings. The number of carbonyl (C=O) groups is 1. The zero-order valence-corrected chi connectivity index (χ0v) is 19.2. The Labute approximate surface area is 195 Å². The van der Waals surface area contributed by atoms with Crippen molar-refractivity contribution in [1.29, 1.82) is 0 Å². The largest absolute Gasteiger partial charge is 1.00 e. The number of esters is 1. The third kappa shape index (κ3) is 2.96. The van der Waals surface area contributed by atoms with Gasteiger partial charge in [0, 0.05) is 16.8 Å². The second kappa shape index (κ2) is 7.92. The second-order valence-corrected chi connectivity index (χ2v) is 7.80. The number of hydrogen-bond donors (Lipinski definition) is 0. The van der Waals surface area contributed by atoms with E-state index in [9.17, 15) is 4.79 Å². The number of fused-ring (bicyclic) bond motifs is 9. The molecular formula is C27H21BrN2O2. The summed E-state index contributed by atoms with van der Waals surface area (Å²) < 4.78 is 9.50. The topological polar surface area (TPSA) is 34.6 Å². The van der Waals surface area contributed by atoms with E-state index in [1.807, 2.05) is 19.1 Å². The summed E-state index contributed by atoms with van der Waals surface area (Å²) in [6.07, 6.45) is 2.21. The van der Waals surface area contributed by atoms with E-state index in [1.54, 1.807) is 0 Å². The van der Waals surface area contributed by atoms with Crippen LogP contribution in [0.4, 0.5) is 0 Å². The first kappa shape index (κ1) is 20.5. The van der Waals surface area contributed by atoms with Crippen LogP contribution in [0.2, 0.25) is 0 Å². The Hall–Kier alpha value is -3.44. The first-order valence-electron chi connectivity index (χ1n) is 10.6. The van der Waals surface area contributed by atoms with E-state index in [0.29, 0.717) is 6.61 Å². The summed E-state index contributed by atoms with van der Waals surface area (Å²) in [5.41, 5.74) is 3.06. The van der Waals surface area contributed by atoms with Crippen molar-refractivity contribution in [1.82, 2.24) is 4.40 Å². The van der Waals surface area contributed by atoms with Crippen LogP contribution in [0.5, 0.6) is 0 Å². The van der Waals surface area contributed by atoms with Gasteiger partial charge in [-0.2, -0.15) is 4.40 Å². The molecule has 6 rings (SSSR count). The molecule has 0 aliphatic rings. The van der Waals surface area contributed by atoms with Gasteiger partial charge in [0.2, 0.25) is 0 Å². The maximum Gasteiger partial charge on any atom is 0.348 e. The predicted molar refractivity (Wildman–Crippen MR) is 124 cm³/mol. The number of benzene rings is 4. The van der Waals surface area contributed by atoms with E-state index in [-0.39, 0.29) is 29.5 Å². The molecule has 4 aromatic carbocycles. The van der Waals surface area contributed by atoms with E-state index in [4.69, 9.17) is 4.74 Å². The molecule has 0 saturated carbocycles. The Morgan fingerprint density at radius 2 is 1.38 bits per heavy atom. The first-order valence-corrected chi connectivity index (χ1v) is 10.6. The average molecular weight is 485 g/mol. The molecule has 2 aromatic heterocycles. The molecule has 0 atom stereocenters. The minimum Gasteiger partial charge on any atom is -1.00 e. The highest BCUT2D eigenvalue weighted by molar-refractivity contribution is 6.25. The summed E-state index contributed by atoms with van der Waals surface area (Å²) >= 11 is 0. The van der Waals surface area contributed by atoms with Crippen molar-refractivity contribution in [3.05, 3.63) is 85.1 Å². The van der Waals surface area contributed by atoms with Crippen LogP contribution in [0.3, 0.4) is 0 Å². The molecule has 0 radical (unpaired) electrons. The molecule has 0 bridgehead atoms. The van der Waals surface area contributed by atoms with E-state index < -0.39 is 0 Å². The minimum atomic E-state index is -0.228. The van der Waals surface area contributed by atoms with E-state index in [2.05, 4.69) is 81.9 Å². The molecule has 0 saturated heterocycles. The summed E-state index contributed by atoms with van der Waals surface area (Å²) in [6.45, 7) is 2.40. The second-order valence-electron chi connectivity index (χ2n) is 7.80. The van der Waals surface area contributed by atoms with Crippen molar-refractivity contribution in [2.45, 2.75) is 13.5 Å². The van der Waals surface area contributed by atoms with E-state index in [1.165, 1.54) is 32.3 Å². The molecule has 6 aromatic rings. The van der Waals surface area contributed by atoms with Gasteiger partial charge in [-0.1, -0.05) is 60.7 Å². The normalized spacial score (nSPS) is 11.4. The van der Waals surface area contributed by atoms with E-state index in [0.717, 1.165) is 16.7 Å². The van der Waals surface area contributed by atoms with Crippen molar-refractivity contribution in [2.75, 3.05) is 6.61 Å². The highest BCUT2D eigenvalue weighted by Gasteiger charge is 2.23. The smallest absolute Gasteiger partial charge is 0.348 e. The summed E-state index contributed by atoms with van der Waals surface area (Å²) in [4.78, 5) is 12.4. The number of rotatable bonds is 3. The fourth-order valence-electron chi connectivity index (χ4n) is 4.81. The molecule has 0 amide bonds. The predicted octanol–water partition coefficient (Wildman–Crippen LogP) is 2.41. The van der Waals surface area contributed by atoms with Gasteiger partial charge in [-0.3, -0.25) is 0 Å². The molecule has 0 spiro atoms. The van der Waals surface area contributed by atoms with Crippen molar-refractivity contribution in [3.63, 3.8) is 0 Å². The quantitative estimate of drug-likeness (QED) is 0.219. The lowest BCUT2D eigenvalue weighted by Gasteiger charge is -2.09. The third-order valence-corrected chi connectivity index (χ3v) is 6.09. The Morgan fingerprint density at radius 1 is 0.812 bits per heavy atom. The lowest BCUT2D eigenvalue weighted by atomic mass is 9.95. The van der Waals surface area contributed by atoms with Crippen molar-refractivity contribution < 1.29 is 31.1 Å². The van der Waals surface area contributed by atoms with Crippen LogP contribution in [0.25, 0.3) is 49.0 Å². The van der Waals surface area contributed by atoms with Gasteiger partial charge in [0.1, 0.15) is 6.20 Å². The third-order valence-electron chi connectivity index (χ3n) is 6.09. The molecule has 0 aliphatic heterocycles. The minimum absolute atomic E-state index is 0. The number of imidazole rings is 1. The Morgan fingerprint density at radius 3 is 2.03 bits per heavy atom. The molecule has 2 heterocycles. The van der Waals surface area contributed by atoms with Gasteiger partial charge in [-0.25, -0.2) is 9.36 Å². The van der Waals surface area contributed by atoms with Crippen LogP contribution in [-0.4, -0.2) is 17.0 Å². The molecule has 4 nitrogen and oxygen atoms in total. The van der Waals surface area contributed by atoms with Gasteiger partial charge in [-0.15, -0.1) is 0 Å². The van der Waals surface area contributed by atoms with Crippen LogP contribution in [0.15, 0.2) is 85.1 Å². The Kier molecular flexibility index (Phi) is 5.06. The van der Waals surface area contributed by atoms with Gasteiger partial charge in [0.15, 0.2) is 17.6 Å². The van der Waals surface area contributed by atoms with Crippen LogP contribution >= 0.6 is 0 Å². The lowest BCUT2D eigenvalue weighted by molar-refractivity contribution is -0.634. The lowest BCUT2D eigenvalue weighted by Crippen LogP contribution is -3.00. The Bertz CT molecular complexity index is 1650. The van der Waals surface area contributed by atoms with Gasteiger partial charge in [-0.05, 0) is 40.6 Å².